The molecule has 214 valence electrons. The summed E-state index contributed by atoms with van der Waals surface area (Å²) in [4.78, 5) is 11.3. The first-order chi connectivity index (χ1) is 18.0. The Hall–Kier alpha value is -1.91. The molecular weight excluding hydrogens is 464 g/mol. The van der Waals surface area contributed by atoms with Crippen LogP contribution in [0.1, 0.15) is 154 Å². The quantitative estimate of drug-likeness (QED) is 0.0805. The summed E-state index contributed by atoms with van der Waals surface area (Å²) >= 11 is 0. The molecule has 0 aromatic heterocycles. The second kappa shape index (κ2) is 22.1. The van der Waals surface area contributed by atoms with E-state index in [9.17, 15) is 15.0 Å². The minimum Gasteiger partial charge on any atom is -0.502 e. The molecule has 1 aromatic carbocycles. The summed E-state index contributed by atoms with van der Waals surface area (Å²) in [5.74, 6) is 0.257. The van der Waals surface area contributed by atoms with Crippen molar-refractivity contribution in [3.8, 4) is 17.2 Å². The number of aromatic hydroxyl groups is 1. The number of carbonyl (C=O) groups is 1. The number of benzene rings is 1. The van der Waals surface area contributed by atoms with Gasteiger partial charge in [0.15, 0.2) is 11.5 Å². The number of aryl methyl sites for hydroxylation is 1. The lowest BCUT2D eigenvalue weighted by Gasteiger charge is -2.19. The first-order valence-corrected chi connectivity index (χ1v) is 15.5. The second-order valence-electron chi connectivity index (χ2n) is 10.6. The standard InChI is InChI=1S/C32H56O5/c1-4-7-10-12-14-16-18-20-23-27-26-29(37-32(34)35)30(33)31(36-25-22-9-6-3)28(27)24-21-19-17-15-13-11-8-5-2/h26,33H,4-25H2,1-3H3,(H,34,35). The third kappa shape index (κ3) is 15.2. The maximum Gasteiger partial charge on any atom is 0.511 e. The molecule has 0 amide bonds. The number of phenolic OH excluding ortho intramolecular Hbond substituents is 1. The summed E-state index contributed by atoms with van der Waals surface area (Å²) < 4.78 is 11.1. The molecule has 0 atom stereocenters. The monoisotopic (exact) mass is 520 g/mol. The van der Waals surface area contributed by atoms with Gasteiger partial charge in [0.05, 0.1) is 6.61 Å². The lowest BCUT2D eigenvalue weighted by molar-refractivity contribution is 0.142. The van der Waals surface area contributed by atoms with Crippen LogP contribution in [0.5, 0.6) is 17.2 Å². The zero-order valence-corrected chi connectivity index (χ0v) is 24.3. The van der Waals surface area contributed by atoms with Gasteiger partial charge in [0, 0.05) is 5.56 Å². The third-order valence-electron chi connectivity index (χ3n) is 7.19. The van der Waals surface area contributed by atoms with Crippen molar-refractivity contribution in [1.29, 1.82) is 0 Å². The van der Waals surface area contributed by atoms with Gasteiger partial charge in [-0.1, -0.05) is 124 Å². The van der Waals surface area contributed by atoms with Crippen molar-refractivity contribution < 1.29 is 24.5 Å². The Balaban J connectivity index is 2.90. The summed E-state index contributed by atoms with van der Waals surface area (Å²) in [5, 5.41) is 20.1. The van der Waals surface area contributed by atoms with E-state index >= 15 is 0 Å². The van der Waals surface area contributed by atoms with Crippen molar-refractivity contribution >= 4 is 6.16 Å². The summed E-state index contributed by atoms with van der Waals surface area (Å²) in [6.07, 6.45) is 23.2. The van der Waals surface area contributed by atoms with Crippen LogP contribution in [0, 0.1) is 0 Å². The Bertz CT molecular complexity index is 716. The molecular formula is C32H56O5. The Labute approximate surface area is 227 Å². The molecule has 0 aliphatic carbocycles. The van der Waals surface area contributed by atoms with Gasteiger partial charge in [-0.05, 0) is 43.7 Å². The fraction of sp³-hybridized carbons (Fsp3) is 0.781. The third-order valence-corrected chi connectivity index (χ3v) is 7.19. The van der Waals surface area contributed by atoms with Crippen LogP contribution in [-0.2, 0) is 12.8 Å². The molecule has 5 nitrogen and oxygen atoms in total. The molecule has 5 heteroatoms. The van der Waals surface area contributed by atoms with E-state index in [1.165, 1.54) is 77.0 Å². The molecule has 1 rings (SSSR count). The summed E-state index contributed by atoms with van der Waals surface area (Å²) in [6, 6.07) is 1.74. The van der Waals surface area contributed by atoms with E-state index < -0.39 is 6.16 Å². The highest BCUT2D eigenvalue weighted by molar-refractivity contribution is 5.67. The van der Waals surface area contributed by atoms with Crippen molar-refractivity contribution in [3.05, 3.63) is 17.2 Å². The van der Waals surface area contributed by atoms with Crippen molar-refractivity contribution in [2.75, 3.05) is 6.61 Å². The highest BCUT2D eigenvalue weighted by Gasteiger charge is 2.21. The first-order valence-electron chi connectivity index (χ1n) is 15.5. The second-order valence-corrected chi connectivity index (χ2v) is 10.6. The van der Waals surface area contributed by atoms with Gasteiger partial charge in [0.25, 0.3) is 0 Å². The molecule has 0 saturated carbocycles. The van der Waals surface area contributed by atoms with Crippen molar-refractivity contribution in [2.45, 2.75) is 156 Å². The largest absolute Gasteiger partial charge is 0.511 e. The maximum absolute atomic E-state index is 11.3. The van der Waals surface area contributed by atoms with E-state index in [0.717, 1.165) is 68.9 Å². The molecule has 0 aliphatic heterocycles. The van der Waals surface area contributed by atoms with E-state index in [-0.39, 0.29) is 11.5 Å². The molecule has 0 saturated heterocycles. The number of phenols is 1. The first kappa shape index (κ1) is 33.1. The Morgan fingerprint density at radius 2 is 1.14 bits per heavy atom. The van der Waals surface area contributed by atoms with Crippen LogP contribution in [0.15, 0.2) is 6.07 Å². The zero-order valence-electron chi connectivity index (χ0n) is 24.3. The molecule has 37 heavy (non-hydrogen) atoms. The molecule has 0 fully saturated rings. The smallest absolute Gasteiger partial charge is 0.502 e. The van der Waals surface area contributed by atoms with Crippen LogP contribution in [0.4, 0.5) is 4.79 Å². The van der Waals surface area contributed by atoms with Gasteiger partial charge in [0.1, 0.15) is 0 Å². The SMILES string of the molecule is CCCCCCCCCCc1cc(OC(=O)O)c(O)c(OCCCCC)c1CCCCCCCCCC. The fourth-order valence-electron chi connectivity index (χ4n) is 4.95. The van der Waals surface area contributed by atoms with Crippen LogP contribution in [0.2, 0.25) is 0 Å². The molecule has 1 aromatic rings. The molecule has 0 heterocycles. The topological polar surface area (TPSA) is 76.0 Å². The van der Waals surface area contributed by atoms with Gasteiger partial charge < -0.3 is 19.7 Å². The molecule has 0 spiro atoms. The van der Waals surface area contributed by atoms with E-state index in [4.69, 9.17) is 9.47 Å². The molecule has 0 radical (unpaired) electrons. The lowest BCUT2D eigenvalue weighted by atomic mass is 9.94. The Morgan fingerprint density at radius 3 is 1.65 bits per heavy atom. The average molecular weight is 521 g/mol. The number of unbranched alkanes of at least 4 members (excludes halogenated alkanes) is 16. The number of hydrogen-bond donors (Lipinski definition) is 2. The highest BCUT2D eigenvalue weighted by atomic mass is 16.7. The highest BCUT2D eigenvalue weighted by Crippen LogP contribution is 2.43. The summed E-state index contributed by atoms with van der Waals surface area (Å²) in [7, 11) is 0. The van der Waals surface area contributed by atoms with E-state index in [2.05, 4.69) is 20.8 Å². The van der Waals surface area contributed by atoms with Gasteiger partial charge in [-0.15, -0.1) is 0 Å². The summed E-state index contributed by atoms with van der Waals surface area (Å²) in [6.45, 7) is 7.15. The fourth-order valence-corrected chi connectivity index (χ4v) is 4.95. The van der Waals surface area contributed by atoms with E-state index in [1.54, 1.807) is 6.07 Å². The maximum atomic E-state index is 11.3. The van der Waals surface area contributed by atoms with Crippen molar-refractivity contribution in [3.63, 3.8) is 0 Å². The Kier molecular flexibility index (Phi) is 19.8. The number of ether oxygens (including phenoxy) is 2. The summed E-state index contributed by atoms with van der Waals surface area (Å²) in [5.41, 5.74) is 2.11. The van der Waals surface area contributed by atoms with Crippen LogP contribution >= 0.6 is 0 Å². The lowest BCUT2D eigenvalue weighted by Crippen LogP contribution is -2.08. The van der Waals surface area contributed by atoms with Crippen LogP contribution in [-0.4, -0.2) is 23.0 Å². The molecule has 0 bridgehead atoms. The Morgan fingerprint density at radius 1 is 0.676 bits per heavy atom. The van der Waals surface area contributed by atoms with E-state index in [0.29, 0.717) is 12.4 Å². The minimum atomic E-state index is -1.42. The number of rotatable bonds is 24. The zero-order chi connectivity index (χ0) is 27.1. The van der Waals surface area contributed by atoms with Crippen LogP contribution in [0.3, 0.4) is 0 Å². The minimum absolute atomic E-state index is 0.00719. The predicted molar refractivity (Wildman–Crippen MR) is 154 cm³/mol. The van der Waals surface area contributed by atoms with Crippen molar-refractivity contribution in [2.24, 2.45) is 0 Å². The van der Waals surface area contributed by atoms with Gasteiger partial charge >= 0.3 is 6.16 Å². The molecule has 2 N–H and O–H groups in total. The van der Waals surface area contributed by atoms with Gasteiger partial charge in [-0.2, -0.15) is 0 Å². The molecule has 0 unspecified atom stereocenters. The number of carboxylic acid groups (broad SMARTS) is 1. The van der Waals surface area contributed by atoms with Gasteiger partial charge in [-0.3, -0.25) is 0 Å². The average Bonchev–Trinajstić information content (AvgIpc) is 2.88. The normalized spacial score (nSPS) is 11.1. The van der Waals surface area contributed by atoms with Crippen LogP contribution < -0.4 is 9.47 Å². The molecule has 0 aliphatic rings. The van der Waals surface area contributed by atoms with Gasteiger partial charge in [-0.25, -0.2) is 4.79 Å². The predicted octanol–water partition coefficient (Wildman–Crippen LogP) is 10.4. The van der Waals surface area contributed by atoms with Crippen molar-refractivity contribution in [1.82, 2.24) is 0 Å². The number of hydrogen-bond acceptors (Lipinski definition) is 4. The van der Waals surface area contributed by atoms with E-state index in [1.807, 2.05) is 0 Å². The van der Waals surface area contributed by atoms with Crippen LogP contribution in [0.25, 0.3) is 0 Å². The van der Waals surface area contributed by atoms with Gasteiger partial charge in [0.2, 0.25) is 5.75 Å².